The van der Waals surface area contributed by atoms with Gasteiger partial charge >= 0.3 is 6.18 Å². The molecular formula is C16H16F3N5O. The Bertz CT molecular complexity index is 776. The van der Waals surface area contributed by atoms with Gasteiger partial charge in [-0.25, -0.2) is 0 Å². The highest BCUT2D eigenvalue weighted by Gasteiger charge is 2.55. The first-order valence-electron chi connectivity index (χ1n) is 7.48. The number of benzene rings is 1. The molecule has 0 saturated heterocycles. The largest absolute Gasteiger partial charge is 0.453 e. The molecule has 2 heterocycles. The highest BCUT2D eigenvalue weighted by atomic mass is 19.4. The monoisotopic (exact) mass is 351 g/mol. The molecule has 25 heavy (non-hydrogen) atoms. The molecule has 132 valence electrons. The van der Waals surface area contributed by atoms with Gasteiger partial charge in [-0.1, -0.05) is 12.1 Å². The predicted molar refractivity (Wildman–Crippen MR) is 85.3 cm³/mol. The quantitative estimate of drug-likeness (QED) is 0.851. The van der Waals surface area contributed by atoms with E-state index in [1.165, 1.54) is 0 Å². The van der Waals surface area contributed by atoms with Gasteiger partial charge in [0.25, 0.3) is 0 Å². The van der Waals surface area contributed by atoms with Crippen LogP contribution in [-0.2, 0) is 4.74 Å². The number of hydrogen-bond acceptors (Lipinski definition) is 6. The van der Waals surface area contributed by atoms with Crippen molar-refractivity contribution in [3.05, 3.63) is 41.3 Å². The van der Waals surface area contributed by atoms with E-state index in [4.69, 9.17) is 10.5 Å². The van der Waals surface area contributed by atoms with Crippen molar-refractivity contribution in [2.24, 2.45) is 16.8 Å². The van der Waals surface area contributed by atoms with Crippen LogP contribution < -0.4 is 16.1 Å². The minimum atomic E-state index is -4.63. The van der Waals surface area contributed by atoms with Gasteiger partial charge in [0.1, 0.15) is 6.07 Å². The zero-order valence-corrected chi connectivity index (χ0v) is 13.5. The Hall–Kier alpha value is -2.89. The van der Waals surface area contributed by atoms with Gasteiger partial charge < -0.3 is 15.4 Å². The second-order valence-electron chi connectivity index (χ2n) is 6.04. The molecule has 1 aromatic rings. The summed E-state index contributed by atoms with van der Waals surface area (Å²) in [5.41, 5.74) is 8.50. The smallest absolute Gasteiger partial charge is 0.431 e. The average molecular weight is 351 g/mol. The molecule has 1 aromatic carbocycles. The number of rotatable bonds is 2. The standard InChI is InChI=1S/C16H16F3N5O/c1-24(2)9-5-3-8(4-6-9)11-10(7-20)14(21)25-15-12(11)13(22-23-15)16(17,18)19/h3-6,11-12,15,23H,21H2,1-2H3. The predicted octanol–water partition coefficient (Wildman–Crippen LogP) is 2.02. The summed E-state index contributed by atoms with van der Waals surface area (Å²) in [6.07, 6.45) is -5.70. The van der Waals surface area contributed by atoms with E-state index in [-0.39, 0.29) is 11.5 Å². The van der Waals surface area contributed by atoms with E-state index in [0.717, 1.165) is 5.69 Å². The number of nitriles is 1. The number of allylic oxidation sites excluding steroid dienone is 1. The molecule has 0 amide bonds. The van der Waals surface area contributed by atoms with Gasteiger partial charge in [-0.15, -0.1) is 0 Å². The summed E-state index contributed by atoms with van der Waals surface area (Å²) in [4.78, 5) is 1.87. The molecule has 2 aliphatic rings. The third-order valence-electron chi connectivity index (χ3n) is 4.32. The highest BCUT2D eigenvalue weighted by Crippen LogP contribution is 2.45. The van der Waals surface area contributed by atoms with Gasteiger partial charge in [0.05, 0.1) is 11.5 Å². The van der Waals surface area contributed by atoms with Crippen LogP contribution in [0.2, 0.25) is 0 Å². The molecule has 3 rings (SSSR count). The van der Waals surface area contributed by atoms with E-state index in [1.807, 2.05) is 25.1 Å². The normalized spacial score (nSPS) is 25.4. The van der Waals surface area contributed by atoms with Crippen molar-refractivity contribution < 1.29 is 17.9 Å². The van der Waals surface area contributed by atoms with Crippen LogP contribution in [0.5, 0.6) is 0 Å². The number of hydrazone groups is 1. The molecule has 3 unspecified atom stereocenters. The van der Waals surface area contributed by atoms with Crippen molar-refractivity contribution in [1.82, 2.24) is 5.43 Å². The zero-order valence-electron chi connectivity index (χ0n) is 13.5. The Kier molecular flexibility index (Phi) is 3.99. The number of fused-ring (bicyclic) bond motifs is 1. The van der Waals surface area contributed by atoms with Crippen LogP contribution in [0.15, 0.2) is 40.8 Å². The second-order valence-corrected chi connectivity index (χ2v) is 6.04. The fraction of sp³-hybridized carbons (Fsp3) is 0.375. The number of hydrogen-bond donors (Lipinski definition) is 2. The molecule has 0 spiro atoms. The molecule has 0 saturated carbocycles. The third-order valence-corrected chi connectivity index (χ3v) is 4.32. The Morgan fingerprint density at radius 2 is 1.92 bits per heavy atom. The molecular weight excluding hydrogens is 335 g/mol. The van der Waals surface area contributed by atoms with Crippen molar-refractivity contribution >= 4 is 11.4 Å². The second kappa shape index (κ2) is 5.88. The highest BCUT2D eigenvalue weighted by molar-refractivity contribution is 5.94. The summed E-state index contributed by atoms with van der Waals surface area (Å²) in [6.45, 7) is 0. The number of halogens is 3. The van der Waals surface area contributed by atoms with Crippen LogP contribution >= 0.6 is 0 Å². The van der Waals surface area contributed by atoms with Crippen molar-refractivity contribution in [2.45, 2.75) is 18.3 Å². The maximum atomic E-state index is 13.4. The van der Waals surface area contributed by atoms with Gasteiger partial charge in [-0.3, -0.25) is 5.43 Å². The van der Waals surface area contributed by atoms with Crippen molar-refractivity contribution in [3.8, 4) is 6.07 Å². The third kappa shape index (κ3) is 2.84. The Morgan fingerprint density at radius 3 is 2.44 bits per heavy atom. The van der Waals surface area contributed by atoms with Gasteiger partial charge in [0, 0.05) is 25.7 Å². The Balaban J connectivity index is 2.09. The van der Waals surface area contributed by atoms with Crippen LogP contribution in [0.3, 0.4) is 0 Å². The molecule has 0 aliphatic carbocycles. The minimum Gasteiger partial charge on any atom is -0.453 e. The van der Waals surface area contributed by atoms with Gasteiger partial charge in [-0.05, 0) is 17.7 Å². The van der Waals surface area contributed by atoms with Gasteiger partial charge in [-0.2, -0.15) is 23.5 Å². The Labute approximate surface area is 142 Å². The first kappa shape index (κ1) is 17.0. The molecule has 9 heteroatoms. The van der Waals surface area contributed by atoms with Crippen LogP contribution in [0, 0.1) is 17.2 Å². The zero-order chi connectivity index (χ0) is 18.4. The molecule has 3 atom stereocenters. The molecule has 6 nitrogen and oxygen atoms in total. The molecule has 0 bridgehead atoms. The summed E-state index contributed by atoms with van der Waals surface area (Å²) in [5.74, 6) is -2.26. The fourth-order valence-electron chi connectivity index (χ4n) is 3.13. The lowest BCUT2D eigenvalue weighted by molar-refractivity contribution is -0.0661. The maximum absolute atomic E-state index is 13.4. The topological polar surface area (TPSA) is 86.7 Å². The number of nitrogens with two attached hydrogens (primary N) is 1. The van der Waals surface area contributed by atoms with E-state index in [1.54, 1.807) is 24.3 Å². The van der Waals surface area contributed by atoms with E-state index >= 15 is 0 Å². The van der Waals surface area contributed by atoms with E-state index in [9.17, 15) is 18.4 Å². The summed E-state index contributed by atoms with van der Waals surface area (Å²) >= 11 is 0. The summed E-state index contributed by atoms with van der Waals surface area (Å²) in [7, 11) is 3.71. The first-order valence-corrected chi connectivity index (χ1v) is 7.48. The van der Waals surface area contributed by atoms with Crippen molar-refractivity contribution in [2.75, 3.05) is 19.0 Å². The first-order chi connectivity index (χ1) is 11.7. The Morgan fingerprint density at radius 1 is 1.28 bits per heavy atom. The minimum absolute atomic E-state index is 0.0282. The van der Waals surface area contributed by atoms with Crippen molar-refractivity contribution in [3.63, 3.8) is 0 Å². The van der Waals surface area contributed by atoms with Crippen LogP contribution in [0.1, 0.15) is 11.5 Å². The summed E-state index contributed by atoms with van der Waals surface area (Å²) in [6, 6.07) is 8.83. The number of nitrogens with zero attached hydrogens (tertiary/aromatic N) is 3. The number of alkyl halides is 3. The molecule has 0 aromatic heterocycles. The molecule has 3 N–H and O–H groups in total. The van der Waals surface area contributed by atoms with E-state index in [0.29, 0.717) is 5.56 Å². The fourth-order valence-corrected chi connectivity index (χ4v) is 3.13. The van der Waals surface area contributed by atoms with E-state index in [2.05, 4.69) is 10.5 Å². The average Bonchev–Trinajstić information content (AvgIpc) is 2.97. The van der Waals surface area contributed by atoms with Gasteiger partial charge in [0.15, 0.2) is 11.9 Å². The summed E-state index contributed by atoms with van der Waals surface area (Å²) < 4.78 is 45.3. The van der Waals surface area contributed by atoms with Crippen LogP contribution in [0.25, 0.3) is 0 Å². The van der Waals surface area contributed by atoms with Gasteiger partial charge in [0.2, 0.25) is 5.88 Å². The molecule has 0 radical (unpaired) electrons. The lowest BCUT2D eigenvalue weighted by atomic mass is 9.76. The SMILES string of the molecule is CN(C)c1ccc(C2C(C#N)=C(N)OC3NN=C(C(F)(F)F)C32)cc1. The van der Waals surface area contributed by atoms with Crippen molar-refractivity contribution in [1.29, 1.82) is 5.26 Å². The lowest BCUT2D eigenvalue weighted by Crippen LogP contribution is -2.45. The van der Waals surface area contributed by atoms with Crippen LogP contribution in [0.4, 0.5) is 18.9 Å². The number of anilines is 1. The summed E-state index contributed by atoms with van der Waals surface area (Å²) in [5, 5.41) is 12.8. The van der Waals surface area contributed by atoms with Crippen LogP contribution in [-0.4, -0.2) is 32.2 Å². The van der Waals surface area contributed by atoms with E-state index < -0.39 is 30.0 Å². The molecule has 0 fully saturated rings. The lowest BCUT2D eigenvalue weighted by Gasteiger charge is -2.34. The maximum Gasteiger partial charge on any atom is 0.431 e. The number of nitrogens with one attached hydrogen (secondary N) is 1. The molecule has 2 aliphatic heterocycles. The number of ether oxygens (including phenoxy) is 1.